The van der Waals surface area contributed by atoms with E-state index in [0.717, 1.165) is 17.7 Å². The van der Waals surface area contributed by atoms with Crippen molar-refractivity contribution in [1.82, 2.24) is 0 Å². The Balaban J connectivity index is 2.12. The van der Waals surface area contributed by atoms with Crippen molar-refractivity contribution in [2.75, 3.05) is 5.32 Å². The lowest BCUT2D eigenvalue weighted by molar-refractivity contribution is -0.137. The van der Waals surface area contributed by atoms with Crippen LogP contribution in [-0.2, 0) is 17.4 Å². The Morgan fingerprint density at radius 1 is 1.09 bits per heavy atom. The molecule has 1 amide bonds. The first-order valence-corrected chi connectivity index (χ1v) is 7.32. The standard InChI is InChI=1S/C18H18F3NO/c1-12(2)15-8-3-4-9-16(15)22-17(23)11-13-6-5-7-14(10-13)18(19,20)21/h3-10,12H,11H2,1-2H3,(H,22,23). The molecular weight excluding hydrogens is 303 g/mol. The number of carbonyl (C=O) groups excluding carboxylic acids is 1. The summed E-state index contributed by atoms with van der Waals surface area (Å²) >= 11 is 0. The highest BCUT2D eigenvalue weighted by Crippen LogP contribution is 2.29. The number of rotatable bonds is 4. The van der Waals surface area contributed by atoms with E-state index in [9.17, 15) is 18.0 Å². The topological polar surface area (TPSA) is 29.1 Å². The Bertz CT molecular complexity index is 693. The highest BCUT2D eigenvalue weighted by molar-refractivity contribution is 5.93. The van der Waals surface area contributed by atoms with Gasteiger partial charge in [0.15, 0.2) is 0 Å². The summed E-state index contributed by atoms with van der Waals surface area (Å²) in [6, 6.07) is 12.2. The quantitative estimate of drug-likeness (QED) is 0.842. The summed E-state index contributed by atoms with van der Waals surface area (Å²) in [5.74, 6) is -0.0996. The third-order valence-electron chi connectivity index (χ3n) is 3.48. The number of halogens is 3. The van der Waals surface area contributed by atoms with Gasteiger partial charge in [0, 0.05) is 5.69 Å². The molecule has 0 aliphatic rings. The number of nitrogens with one attached hydrogen (secondary N) is 1. The van der Waals surface area contributed by atoms with E-state index >= 15 is 0 Å². The zero-order valence-corrected chi connectivity index (χ0v) is 12.9. The van der Waals surface area contributed by atoms with Crippen LogP contribution in [0.3, 0.4) is 0 Å². The molecule has 2 aromatic carbocycles. The van der Waals surface area contributed by atoms with Crippen molar-refractivity contribution in [2.45, 2.75) is 32.4 Å². The molecular formula is C18H18F3NO. The molecule has 2 rings (SSSR count). The molecule has 1 N–H and O–H groups in total. The van der Waals surface area contributed by atoms with Crippen molar-refractivity contribution in [3.63, 3.8) is 0 Å². The van der Waals surface area contributed by atoms with Gasteiger partial charge < -0.3 is 5.32 Å². The van der Waals surface area contributed by atoms with Gasteiger partial charge in [-0.2, -0.15) is 13.2 Å². The van der Waals surface area contributed by atoms with Crippen molar-refractivity contribution in [1.29, 1.82) is 0 Å². The van der Waals surface area contributed by atoms with Gasteiger partial charge in [-0.1, -0.05) is 50.2 Å². The maximum Gasteiger partial charge on any atom is 0.416 e. The van der Waals surface area contributed by atoms with Crippen LogP contribution in [-0.4, -0.2) is 5.91 Å². The molecule has 0 radical (unpaired) electrons. The second kappa shape index (κ2) is 6.86. The SMILES string of the molecule is CC(C)c1ccccc1NC(=O)Cc1cccc(C(F)(F)F)c1. The van der Waals surface area contributed by atoms with E-state index in [1.807, 2.05) is 32.0 Å². The summed E-state index contributed by atoms with van der Waals surface area (Å²) in [6.07, 6.45) is -4.51. The summed E-state index contributed by atoms with van der Waals surface area (Å²) in [6.45, 7) is 4.02. The zero-order valence-electron chi connectivity index (χ0n) is 12.9. The van der Waals surface area contributed by atoms with E-state index in [1.54, 1.807) is 6.07 Å². The fourth-order valence-electron chi connectivity index (χ4n) is 2.35. The second-order valence-corrected chi connectivity index (χ2v) is 5.67. The Morgan fingerprint density at radius 2 is 1.78 bits per heavy atom. The summed E-state index contributed by atoms with van der Waals surface area (Å²) in [7, 11) is 0. The van der Waals surface area contributed by atoms with Gasteiger partial charge in [0.05, 0.1) is 12.0 Å². The van der Waals surface area contributed by atoms with E-state index < -0.39 is 11.7 Å². The average Bonchev–Trinajstić information content (AvgIpc) is 2.46. The van der Waals surface area contributed by atoms with Gasteiger partial charge in [-0.25, -0.2) is 0 Å². The van der Waals surface area contributed by atoms with Crippen molar-refractivity contribution < 1.29 is 18.0 Å². The van der Waals surface area contributed by atoms with Gasteiger partial charge in [-0.05, 0) is 29.2 Å². The number of hydrogen-bond acceptors (Lipinski definition) is 1. The smallest absolute Gasteiger partial charge is 0.326 e. The van der Waals surface area contributed by atoms with Gasteiger partial charge in [0.2, 0.25) is 5.91 Å². The predicted molar refractivity (Wildman–Crippen MR) is 84.3 cm³/mol. The summed E-state index contributed by atoms with van der Waals surface area (Å²) < 4.78 is 38.1. The fraction of sp³-hybridized carbons (Fsp3) is 0.278. The van der Waals surface area contributed by atoms with Crippen molar-refractivity contribution in [3.8, 4) is 0 Å². The molecule has 0 aromatic heterocycles. The number of anilines is 1. The average molecular weight is 321 g/mol. The van der Waals surface area contributed by atoms with E-state index in [-0.39, 0.29) is 18.2 Å². The number of alkyl halides is 3. The van der Waals surface area contributed by atoms with Crippen LogP contribution in [0, 0.1) is 0 Å². The molecule has 0 aliphatic carbocycles. The summed E-state index contributed by atoms with van der Waals surface area (Å²) in [5.41, 5.74) is 1.27. The molecule has 0 aliphatic heterocycles. The van der Waals surface area contributed by atoms with Crippen LogP contribution in [0.5, 0.6) is 0 Å². The maximum atomic E-state index is 12.7. The lowest BCUT2D eigenvalue weighted by Gasteiger charge is -2.14. The molecule has 5 heteroatoms. The first-order chi connectivity index (χ1) is 10.8. The van der Waals surface area contributed by atoms with Crippen molar-refractivity contribution in [3.05, 3.63) is 65.2 Å². The number of para-hydroxylation sites is 1. The zero-order chi connectivity index (χ0) is 17.0. The van der Waals surface area contributed by atoms with Crippen LogP contribution >= 0.6 is 0 Å². The highest BCUT2D eigenvalue weighted by atomic mass is 19.4. The van der Waals surface area contributed by atoms with Crippen molar-refractivity contribution >= 4 is 11.6 Å². The number of benzene rings is 2. The summed E-state index contributed by atoms with van der Waals surface area (Å²) in [5, 5.41) is 2.78. The number of amides is 1. The minimum absolute atomic E-state index is 0.101. The Hall–Kier alpha value is -2.30. The lowest BCUT2D eigenvalue weighted by Crippen LogP contribution is -2.16. The van der Waals surface area contributed by atoms with Gasteiger partial charge in [-0.3, -0.25) is 4.79 Å². The number of hydrogen-bond donors (Lipinski definition) is 1. The van der Waals surface area contributed by atoms with Gasteiger partial charge >= 0.3 is 6.18 Å². The predicted octanol–water partition coefficient (Wildman–Crippen LogP) is 5.01. The summed E-state index contributed by atoms with van der Waals surface area (Å²) in [4.78, 5) is 12.1. The molecule has 0 fully saturated rings. The fourth-order valence-corrected chi connectivity index (χ4v) is 2.35. The van der Waals surface area contributed by atoms with Crippen LogP contribution in [0.2, 0.25) is 0 Å². The second-order valence-electron chi connectivity index (χ2n) is 5.67. The van der Waals surface area contributed by atoms with Crippen LogP contribution in [0.15, 0.2) is 48.5 Å². The van der Waals surface area contributed by atoms with Gasteiger partial charge in [-0.15, -0.1) is 0 Å². The van der Waals surface area contributed by atoms with Gasteiger partial charge in [0.25, 0.3) is 0 Å². The van der Waals surface area contributed by atoms with Crippen LogP contribution < -0.4 is 5.32 Å². The molecule has 0 spiro atoms. The molecule has 2 aromatic rings. The van der Waals surface area contributed by atoms with E-state index in [1.165, 1.54) is 12.1 Å². The van der Waals surface area contributed by atoms with Gasteiger partial charge in [0.1, 0.15) is 0 Å². The van der Waals surface area contributed by atoms with Crippen LogP contribution in [0.25, 0.3) is 0 Å². The monoisotopic (exact) mass is 321 g/mol. The third-order valence-corrected chi connectivity index (χ3v) is 3.48. The molecule has 23 heavy (non-hydrogen) atoms. The Kier molecular flexibility index (Phi) is 5.08. The highest BCUT2D eigenvalue weighted by Gasteiger charge is 2.30. The largest absolute Gasteiger partial charge is 0.416 e. The molecule has 122 valence electrons. The molecule has 0 bridgehead atoms. The van der Waals surface area contributed by atoms with Crippen LogP contribution in [0.4, 0.5) is 18.9 Å². The lowest BCUT2D eigenvalue weighted by atomic mass is 10.0. The Morgan fingerprint density at radius 3 is 2.43 bits per heavy atom. The molecule has 0 heterocycles. The maximum absolute atomic E-state index is 12.7. The molecule has 0 saturated heterocycles. The van der Waals surface area contributed by atoms with E-state index in [2.05, 4.69) is 5.32 Å². The molecule has 2 nitrogen and oxygen atoms in total. The van der Waals surface area contributed by atoms with Crippen molar-refractivity contribution in [2.24, 2.45) is 0 Å². The molecule has 0 atom stereocenters. The normalized spacial score (nSPS) is 11.6. The third kappa shape index (κ3) is 4.58. The molecule has 0 saturated carbocycles. The van der Waals surface area contributed by atoms with E-state index in [0.29, 0.717) is 11.3 Å². The number of carbonyl (C=O) groups is 1. The minimum atomic E-state index is -4.41. The first-order valence-electron chi connectivity index (χ1n) is 7.32. The molecule has 0 unspecified atom stereocenters. The Labute approximate surface area is 133 Å². The minimum Gasteiger partial charge on any atom is -0.326 e. The van der Waals surface area contributed by atoms with E-state index in [4.69, 9.17) is 0 Å². The van der Waals surface area contributed by atoms with Crippen LogP contribution in [0.1, 0.15) is 36.5 Å². The first kappa shape index (κ1) is 17.1.